The summed E-state index contributed by atoms with van der Waals surface area (Å²) in [7, 11) is 0. The molecule has 1 aliphatic heterocycles. The molecule has 3 rings (SSSR count). The Morgan fingerprint density at radius 1 is 1.23 bits per heavy atom. The second-order valence-corrected chi connectivity index (χ2v) is 6.31. The monoisotopic (exact) mass is 312 g/mol. The fourth-order valence-electron chi connectivity index (χ4n) is 3.69. The first-order chi connectivity index (χ1) is 10.4. The third kappa shape index (κ3) is 2.84. The molecule has 0 radical (unpaired) electrons. The van der Waals surface area contributed by atoms with Gasteiger partial charge in [0.25, 0.3) is 5.91 Å². The summed E-state index contributed by atoms with van der Waals surface area (Å²) in [6.07, 6.45) is -1.36. The number of benzene rings is 1. The highest BCUT2D eigenvalue weighted by Crippen LogP contribution is 2.36. The molecule has 1 amide bonds. The van der Waals surface area contributed by atoms with Crippen molar-refractivity contribution in [2.24, 2.45) is 17.6 Å². The molecule has 1 aromatic carbocycles. The SMILES string of the molecule is NC1CCCC2CN(C(=O)c3cccc(C(F)(F)F)c3)CC12. The van der Waals surface area contributed by atoms with Crippen molar-refractivity contribution in [2.75, 3.05) is 13.1 Å². The Bertz CT molecular complexity index is 573. The van der Waals surface area contributed by atoms with Gasteiger partial charge in [0.05, 0.1) is 5.56 Å². The van der Waals surface area contributed by atoms with Crippen molar-refractivity contribution in [2.45, 2.75) is 31.5 Å². The number of hydrogen-bond donors (Lipinski definition) is 1. The van der Waals surface area contributed by atoms with E-state index in [1.54, 1.807) is 4.90 Å². The molecule has 1 saturated heterocycles. The van der Waals surface area contributed by atoms with Crippen LogP contribution in [0.4, 0.5) is 13.2 Å². The molecule has 3 atom stereocenters. The first-order valence-electron chi connectivity index (χ1n) is 7.58. The summed E-state index contributed by atoms with van der Waals surface area (Å²) in [6.45, 7) is 1.16. The summed E-state index contributed by atoms with van der Waals surface area (Å²) in [5.74, 6) is 0.342. The van der Waals surface area contributed by atoms with Crippen LogP contribution in [0.5, 0.6) is 0 Å². The lowest BCUT2D eigenvalue weighted by Crippen LogP contribution is -2.38. The van der Waals surface area contributed by atoms with Crippen LogP contribution in [0.2, 0.25) is 0 Å². The van der Waals surface area contributed by atoms with E-state index in [4.69, 9.17) is 5.73 Å². The van der Waals surface area contributed by atoms with Crippen LogP contribution >= 0.6 is 0 Å². The lowest BCUT2D eigenvalue weighted by Gasteiger charge is -2.29. The summed E-state index contributed by atoms with van der Waals surface area (Å²) in [4.78, 5) is 14.2. The second-order valence-electron chi connectivity index (χ2n) is 6.31. The topological polar surface area (TPSA) is 46.3 Å². The van der Waals surface area contributed by atoms with Crippen LogP contribution in [0.1, 0.15) is 35.2 Å². The van der Waals surface area contributed by atoms with Crippen molar-refractivity contribution in [3.8, 4) is 0 Å². The molecular weight excluding hydrogens is 293 g/mol. The van der Waals surface area contributed by atoms with Crippen molar-refractivity contribution in [3.05, 3.63) is 35.4 Å². The molecule has 2 aliphatic rings. The van der Waals surface area contributed by atoms with E-state index in [1.807, 2.05) is 0 Å². The van der Waals surface area contributed by atoms with Crippen molar-refractivity contribution in [1.29, 1.82) is 0 Å². The zero-order valence-corrected chi connectivity index (χ0v) is 12.1. The van der Waals surface area contributed by atoms with Crippen LogP contribution in [-0.2, 0) is 6.18 Å². The smallest absolute Gasteiger partial charge is 0.338 e. The van der Waals surface area contributed by atoms with E-state index in [0.29, 0.717) is 19.0 Å². The van der Waals surface area contributed by atoms with E-state index in [2.05, 4.69) is 0 Å². The van der Waals surface area contributed by atoms with E-state index in [1.165, 1.54) is 12.1 Å². The van der Waals surface area contributed by atoms with Gasteiger partial charge in [-0.1, -0.05) is 12.5 Å². The van der Waals surface area contributed by atoms with Crippen LogP contribution in [0, 0.1) is 11.8 Å². The molecule has 3 unspecified atom stereocenters. The van der Waals surface area contributed by atoms with E-state index in [9.17, 15) is 18.0 Å². The van der Waals surface area contributed by atoms with Crippen molar-refractivity contribution < 1.29 is 18.0 Å². The van der Waals surface area contributed by atoms with E-state index >= 15 is 0 Å². The van der Waals surface area contributed by atoms with Gasteiger partial charge >= 0.3 is 6.18 Å². The second kappa shape index (κ2) is 5.57. The molecular formula is C16H19F3N2O. The maximum absolute atomic E-state index is 12.8. The molecule has 2 fully saturated rings. The summed E-state index contributed by atoms with van der Waals surface area (Å²) in [6, 6.07) is 4.74. The minimum Gasteiger partial charge on any atom is -0.338 e. The van der Waals surface area contributed by atoms with Gasteiger partial charge in [0.15, 0.2) is 0 Å². The zero-order chi connectivity index (χ0) is 15.9. The van der Waals surface area contributed by atoms with Gasteiger partial charge in [0.2, 0.25) is 0 Å². The maximum Gasteiger partial charge on any atom is 0.416 e. The van der Waals surface area contributed by atoms with Crippen molar-refractivity contribution in [3.63, 3.8) is 0 Å². The summed E-state index contributed by atoms with van der Waals surface area (Å²) in [5.41, 5.74) is 5.43. The Labute approximate surface area is 127 Å². The van der Waals surface area contributed by atoms with Gasteiger partial charge in [-0.25, -0.2) is 0 Å². The normalized spacial score (nSPS) is 28.5. The number of carbonyl (C=O) groups is 1. The Hall–Kier alpha value is -1.56. The Morgan fingerprint density at radius 2 is 2.00 bits per heavy atom. The van der Waals surface area contributed by atoms with Gasteiger partial charge in [-0.05, 0) is 42.9 Å². The third-order valence-electron chi connectivity index (χ3n) is 4.88. The van der Waals surface area contributed by atoms with Crippen molar-refractivity contribution in [1.82, 2.24) is 4.90 Å². The Balaban J connectivity index is 1.78. The molecule has 120 valence electrons. The van der Waals surface area contributed by atoms with Crippen LogP contribution in [-0.4, -0.2) is 29.9 Å². The summed E-state index contributed by atoms with van der Waals surface area (Å²) in [5, 5.41) is 0. The third-order valence-corrected chi connectivity index (χ3v) is 4.88. The lowest BCUT2D eigenvalue weighted by atomic mass is 9.78. The molecule has 1 aromatic rings. The van der Waals surface area contributed by atoms with Crippen LogP contribution in [0.15, 0.2) is 24.3 Å². The predicted molar refractivity (Wildman–Crippen MR) is 76.2 cm³/mol. The number of likely N-dealkylation sites (tertiary alicyclic amines) is 1. The molecule has 0 bridgehead atoms. The number of fused-ring (bicyclic) bond motifs is 1. The minimum absolute atomic E-state index is 0.0954. The van der Waals surface area contributed by atoms with Gasteiger partial charge in [0, 0.05) is 24.7 Å². The van der Waals surface area contributed by atoms with Crippen molar-refractivity contribution >= 4 is 5.91 Å². The largest absolute Gasteiger partial charge is 0.416 e. The van der Waals surface area contributed by atoms with Gasteiger partial charge < -0.3 is 10.6 Å². The average molecular weight is 312 g/mol. The highest BCUT2D eigenvalue weighted by Gasteiger charge is 2.40. The zero-order valence-electron chi connectivity index (χ0n) is 12.1. The van der Waals surface area contributed by atoms with Crippen LogP contribution < -0.4 is 5.73 Å². The Kier molecular flexibility index (Phi) is 3.89. The number of hydrogen-bond acceptors (Lipinski definition) is 2. The number of nitrogens with two attached hydrogens (primary N) is 1. The summed E-state index contributed by atoms with van der Waals surface area (Å²) >= 11 is 0. The van der Waals surface area contributed by atoms with E-state index in [0.717, 1.165) is 31.4 Å². The quantitative estimate of drug-likeness (QED) is 0.866. The van der Waals surface area contributed by atoms with E-state index < -0.39 is 11.7 Å². The first-order valence-corrected chi connectivity index (χ1v) is 7.58. The molecule has 3 nitrogen and oxygen atoms in total. The molecule has 1 aliphatic carbocycles. The van der Waals surface area contributed by atoms with E-state index in [-0.39, 0.29) is 23.4 Å². The molecule has 22 heavy (non-hydrogen) atoms. The standard InChI is InChI=1S/C16H19F3N2O/c17-16(18,19)12-5-1-3-10(7-12)15(22)21-8-11-4-2-6-14(20)13(11)9-21/h1,3,5,7,11,13-14H,2,4,6,8-9,20H2. The van der Waals surface area contributed by atoms with Gasteiger partial charge in [-0.3, -0.25) is 4.79 Å². The molecule has 6 heteroatoms. The highest BCUT2D eigenvalue weighted by molar-refractivity contribution is 5.94. The van der Waals surface area contributed by atoms with Gasteiger partial charge in [-0.15, -0.1) is 0 Å². The van der Waals surface area contributed by atoms with Gasteiger partial charge in [-0.2, -0.15) is 13.2 Å². The number of amides is 1. The average Bonchev–Trinajstić information content (AvgIpc) is 2.91. The fraction of sp³-hybridized carbons (Fsp3) is 0.562. The number of carbonyl (C=O) groups excluding carboxylic acids is 1. The molecule has 1 saturated carbocycles. The first kappa shape index (κ1) is 15.3. The number of rotatable bonds is 1. The Morgan fingerprint density at radius 3 is 2.68 bits per heavy atom. The number of alkyl halides is 3. The lowest BCUT2D eigenvalue weighted by molar-refractivity contribution is -0.137. The molecule has 1 heterocycles. The minimum atomic E-state index is -4.43. The van der Waals surface area contributed by atoms with Crippen LogP contribution in [0.25, 0.3) is 0 Å². The highest BCUT2D eigenvalue weighted by atomic mass is 19.4. The molecule has 2 N–H and O–H groups in total. The maximum atomic E-state index is 12.8. The summed E-state index contributed by atoms with van der Waals surface area (Å²) < 4.78 is 38.3. The molecule has 0 aromatic heterocycles. The van der Waals surface area contributed by atoms with Gasteiger partial charge in [0.1, 0.15) is 0 Å². The molecule has 0 spiro atoms. The predicted octanol–water partition coefficient (Wildman–Crippen LogP) is 2.90. The fourth-order valence-corrected chi connectivity index (χ4v) is 3.69. The number of nitrogens with zero attached hydrogens (tertiary/aromatic N) is 1. The number of halogens is 3. The van der Waals surface area contributed by atoms with Crippen LogP contribution in [0.3, 0.4) is 0 Å².